The van der Waals surface area contributed by atoms with Crippen molar-refractivity contribution in [3.05, 3.63) is 47.5 Å². The van der Waals surface area contributed by atoms with E-state index in [9.17, 15) is 13.2 Å². The minimum absolute atomic E-state index is 0.114. The Labute approximate surface area is 129 Å². The first-order chi connectivity index (χ1) is 10.8. The Balaban J connectivity index is 1.68. The molecule has 0 aliphatic rings. The van der Waals surface area contributed by atoms with Gasteiger partial charge >= 0.3 is 6.18 Å². The molecule has 0 fully saturated rings. The maximum absolute atomic E-state index is 12.4. The third kappa shape index (κ3) is 3.34. The maximum atomic E-state index is 12.4. The molecule has 3 heterocycles. The second-order valence-corrected chi connectivity index (χ2v) is 5.26. The number of halogens is 3. The molecule has 3 rings (SSSR count). The summed E-state index contributed by atoms with van der Waals surface area (Å²) < 4.78 is 43.9. The normalized spacial score (nSPS) is 13.6. The average Bonchev–Trinajstić information content (AvgIpc) is 3.10. The molecule has 0 saturated heterocycles. The van der Waals surface area contributed by atoms with Crippen molar-refractivity contribution in [3.63, 3.8) is 0 Å². The summed E-state index contributed by atoms with van der Waals surface area (Å²) in [5.74, 6) is -1.39. The Morgan fingerprint density at radius 2 is 2.04 bits per heavy atom. The zero-order valence-corrected chi connectivity index (χ0v) is 12.4. The van der Waals surface area contributed by atoms with E-state index in [1.165, 1.54) is 0 Å². The van der Waals surface area contributed by atoms with Gasteiger partial charge in [-0.15, -0.1) is 0 Å². The van der Waals surface area contributed by atoms with Crippen LogP contribution in [0.25, 0.3) is 5.65 Å². The van der Waals surface area contributed by atoms with E-state index in [4.69, 9.17) is 0 Å². The summed E-state index contributed by atoms with van der Waals surface area (Å²) in [5, 5.41) is 5.95. The molecule has 1 N–H and O–H groups in total. The number of aryl methyl sites for hydroxylation is 1. The molecule has 0 aliphatic carbocycles. The first kappa shape index (κ1) is 15.5. The summed E-state index contributed by atoms with van der Waals surface area (Å²) in [4.78, 5) is 7.77. The predicted molar refractivity (Wildman–Crippen MR) is 74.5 cm³/mol. The quantitative estimate of drug-likeness (QED) is 0.799. The highest BCUT2D eigenvalue weighted by Crippen LogP contribution is 2.27. The van der Waals surface area contributed by atoms with Gasteiger partial charge in [0.15, 0.2) is 0 Å². The van der Waals surface area contributed by atoms with Gasteiger partial charge in [0, 0.05) is 18.9 Å². The highest BCUT2D eigenvalue weighted by molar-refractivity contribution is 5.41. The number of nitrogens with zero attached hydrogens (tertiary/aromatic N) is 4. The molecule has 0 spiro atoms. The van der Waals surface area contributed by atoms with Crippen LogP contribution in [0.1, 0.15) is 35.9 Å². The molecule has 0 bridgehead atoms. The number of fused-ring (bicyclic) bond motifs is 1. The van der Waals surface area contributed by atoms with E-state index < -0.39 is 18.0 Å². The maximum Gasteiger partial charge on any atom is 0.455 e. The number of aromatic nitrogens is 4. The molecular weight excluding hydrogens is 311 g/mol. The van der Waals surface area contributed by atoms with Crippen molar-refractivity contribution in [2.75, 3.05) is 0 Å². The molecule has 0 radical (unpaired) electrons. The Morgan fingerprint density at radius 3 is 2.74 bits per heavy atom. The van der Waals surface area contributed by atoms with Crippen LogP contribution in [0.3, 0.4) is 0 Å². The van der Waals surface area contributed by atoms with Gasteiger partial charge in [-0.05, 0) is 25.5 Å². The fourth-order valence-corrected chi connectivity index (χ4v) is 2.11. The van der Waals surface area contributed by atoms with Crippen LogP contribution in [0.2, 0.25) is 0 Å². The van der Waals surface area contributed by atoms with E-state index in [2.05, 4.69) is 25.0 Å². The summed E-state index contributed by atoms with van der Waals surface area (Å²) in [6.45, 7) is 3.99. The van der Waals surface area contributed by atoms with Gasteiger partial charge in [0.1, 0.15) is 5.65 Å². The summed E-state index contributed by atoms with van der Waals surface area (Å²) in [7, 11) is 0. The standard InChI is InChI=1S/C14H14F3N5O/c1-8-3-4-11-19-10(7-22(11)6-8)5-18-9(2)12-20-13(21-23-12)14(15,16)17/h3-4,6-7,9,18H,5H2,1-2H3. The molecule has 23 heavy (non-hydrogen) atoms. The van der Waals surface area contributed by atoms with Crippen LogP contribution >= 0.6 is 0 Å². The van der Waals surface area contributed by atoms with Gasteiger partial charge in [0.25, 0.3) is 5.82 Å². The van der Waals surface area contributed by atoms with Crippen LogP contribution in [0.5, 0.6) is 0 Å². The molecule has 0 aliphatic heterocycles. The second kappa shape index (κ2) is 5.65. The minimum Gasteiger partial charge on any atom is -0.337 e. The Bertz CT molecular complexity index is 823. The Morgan fingerprint density at radius 1 is 1.26 bits per heavy atom. The lowest BCUT2D eigenvalue weighted by Crippen LogP contribution is -2.19. The summed E-state index contributed by atoms with van der Waals surface area (Å²) in [6.07, 6.45) is -0.805. The number of rotatable bonds is 4. The van der Waals surface area contributed by atoms with Gasteiger partial charge in [-0.3, -0.25) is 0 Å². The minimum atomic E-state index is -4.61. The summed E-state index contributed by atoms with van der Waals surface area (Å²) >= 11 is 0. The Hall–Kier alpha value is -2.42. The molecule has 0 saturated carbocycles. The van der Waals surface area contributed by atoms with Crippen molar-refractivity contribution in [3.8, 4) is 0 Å². The second-order valence-electron chi connectivity index (χ2n) is 5.26. The number of hydrogen-bond donors (Lipinski definition) is 1. The monoisotopic (exact) mass is 325 g/mol. The van der Waals surface area contributed by atoms with Crippen molar-refractivity contribution >= 4 is 5.65 Å². The summed E-state index contributed by atoms with van der Waals surface area (Å²) in [6, 6.07) is 3.33. The highest BCUT2D eigenvalue weighted by atomic mass is 19.4. The number of imidazole rings is 1. The van der Waals surface area contributed by atoms with Gasteiger partial charge in [0.05, 0.1) is 11.7 Å². The third-order valence-electron chi connectivity index (χ3n) is 3.30. The predicted octanol–water partition coefficient (Wildman–Crippen LogP) is 2.90. The van der Waals surface area contributed by atoms with Gasteiger partial charge in [-0.2, -0.15) is 18.2 Å². The van der Waals surface area contributed by atoms with Gasteiger partial charge in [-0.25, -0.2) is 4.98 Å². The smallest absolute Gasteiger partial charge is 0.337 e. The number of pyridine rings is 1. The largest absolute Gasteiger partial charge is 0.455 e. The molecule has 6 nitrogen and oxygen atoms in total. The van der Waals surface area contributed by atoms with E-state index >= 15 is 0 Å². The van der Waals surface area contributed by atoms with Crippen LogP contribution in [0.4, 0.5) is 13.2 Å². The molecule has 9 heteroatoms. The molecule has 3 aromatic heterocycles. The summed E-state index contributed by atoms with van der Waals surface area (Å²) in [5.41, 5.74) is 2.67. The molecule has 0 amide bonds. The first-order valence-electron chi connectivity index (χ1n) is 6.91. The fraction of sp³-hybridized carbons (Fsp3) is 0.357. The lowest BCUT2D eigenvalue weighted by molar-refractivity contribution is -0.146. The van der Waals surface area contributed by atoms with E-state index in [-0.39, 0.29) is 5.89 Å². The van der Waals surface area contributed by atoms with Gasteiger partial charge < -0.3 is 14.2 Å². The Kier molecular flexibility index (Phi) is 3.80. The molecule has 0 aromatic carbocycles. The van der Waals surface area contributed by atoms with Crippen molar-refractivity contribution < 1.29 is 17.7 Å². The van der Waals surface area contributed by atoms with Crippen molar-refractivity contribution in [1.29, 1.82) is 0 Å². The van der Waals surface area contributed by atoms with E-state index in [1.807, 2.05) is 35.9 Å². The lowest BCUT2D eigenvalue weighted by Gasteiger charge is -2.07. The van der Waals surface area contributed by atoms with Crippen molar-refractivity contribution in [2.24, 2.45) is 0 Å². The molecular formula is C14H14F3N5O. The van der Waals surface area contributed by atoms with Crippen molar-refractivity contribution in [1.82, 2.24) is 24.8 Å². The van der Waals surface area contributed by atoms with Gasteiger partial charge in [-0.1, -0.05) is 11.2 Å². The van der Waals surface area contributed by atoms with E-state index in [0.717, 1.165) is 16.9 Å². The van der Waals surface area contributed by atoms with E-state index in [1.54, 1.807) is 6.92 Å². The van der Waals surface area contributed by atoms with Gasteiger partial charge in [0.2, 0.25) is 5.89 Å². The van der Waals surface area contributed by atoms with Crippen LogP contribution in [-0.2, 0) is 12.7 Å². The van der Waals surface area contributed by atoms with Crippen LogP contribution in [-0.4, -0.2) is 19.5 Å². The molecule has 3 aromatic rings. The van der Waals surface area contributed by atoms with Crippen LogP contribution in [0.15, 0.2) is 29.0 Å². The molecule has 1 unspecified atom stereocenters. The fourth-order valence-electron chi connectivity index (χ4n) is 2.11. The number of hydrogen-bond acceptors (Lipinski definition) is 5. The zero-order valence-electron chi connectivity index (χ0n) is 12.4. The zero-order chi connectivity index (χ0) is 16.6. The molecule has 122 valence electrons. The lowest BCUT2D eigenvalue weighted by atomic mass is 10.3. The molecule has 1 atom stereocenters. The van der Waals surface area contributed by atoms with Crippen molar-refractivity contribution in [2.45, 2.75) is 32.6 Å². The van der Waals surface area contributed by atoms with Crippen LogP contribution in [0, 0.1) is 6.92 Å². The third-order valence-corrected chi connectivity index (χ3v) is 3.30. The number of nitrogens with one attached hydrogen (secondary N) is 1. The highest BCUT2D eigenvalue weighted by Gasteiger charge is 2.37. The topological polar surface area (TPSA) is 68.2 Å². The van der Waals surface area contributed by atoms with E-state index in [0.29, 0.717) is 6.54 Å². The number of alkyl halides is 3. The average molecular weight is 325 g/mol. The first-order valence-corrected chi connectivity index (χ1v) is 6.91. The van der Waals surface area contributed by atoms with Crippen LogP contribution < -0.4 is 5.32 Å². The SMILES string of the molecule is Cc1ccc2nc(CNC(C)c3nc(C(F)(F)F)no3)cn2c1.